The van der Waals surface area contributed by atoms with Gasteiger partial charge in [-0.3, -0.25) is 4.79 Å². The average Bonchev–Trinajstić information content (AvgIpc) is 2.36. The molecule has 0 bridgehead atoms. The summed E-state index contributed by atoms with van der Waals surface area (Å²) in [5.41, 5.74) is 0.517. The lowest BCUT2D eigenvalue weighted by molar-refractivity contribution is 0.800. The minimum absolute atomic E-state index is 0.188. The molecule has 2 N–H and O–H groups in total. The second-order valence-corrected chi connectivity index (χ2v) is 3.07. The molecule has 0 spiro atoms. The lowest BCUT2D eigenvalue weighted by atomic mass is 10.2. The first kappa shape index (κ1) is 12.2. The van der Waals surface area contributed by atoms with Crippen LogP contribution < -0.4 is 11.4 Å². The molecule has 2 rings (SSSR count). The number of fused-ring (bicyclic) bond motifs is 1. The van der Waals surface area contributed by atoms with Crippen molar-refractivity contribution in [3.8, 4) is 0 Å². The van der Waals surface area contributed by atoms with E-state index in [-0.39, 0.29) is 5.56 Å². The number of nitrogens with zero attached hydrogens (tertiary/aromatic N) is 2. The number of nitrogen functional groups attached to an aromatic ring is 1. The molecular weight excluding hydrogens is 202 g/mol. The van der Waals surface area contributed by atoms with E-state index in [2.05, 4.69) is 4.98 Å². The number of aryl methyl sites for hydroxylation is 1. The van der Waals surface area contributed by atoms with E-state index in [1.165, 1.54) is 0 Å². The molecule has 0 radical (unpaired) electrons. The quantitative estimate of drug-likeness (QED) is 0.742. The lowest BCUT2D eigenvalue weighted by Gasteiger charge is -2.05. The maximum absolute atomic E-state index is 11.7. The maximum atomic E-state index is 11.7. The fraction of sp³-hybridized carbons (Fsp3) is 0.333. The van der Waals surface area contributed by atoms with E-state index in [0.717, 1.165) is 4.68 Å². The van der Waals surface area contributed by atoms with E-state index < -0.39 is 0 Å². The molecule has 0 aliphatic rings. The molecule has 86 valence electrons. The molecule has 1 heterocycles. The highest BCUT2D eigenvalue weighted by Crippen LogP contribution is 2.06. The van der Waals surface area contributed by atoms with Crippen LogP contribution in [0.4, 0.5) is 0 Å². The third-order valence-corrected chi connectivity index (χ3v) is 2.20. The highest BCUT2D eigenvalue weighted by Gasteiger charge is 2.05. The summed E-state index contributed by atoms with van der Waals surface area (Å²) in [5.74, 6) is 6.21. The van der Waals surface area contributed by atoms with Crippen LogP contribution in [0.25, 0.3) is 10.9 Å². The number of benzene rings is 1. The van der Waals surface area contributed by atoms with Gasteiger partial charge in [-0.15, -0.1) is 0 Å². The van der Waals surface area contributed by atoms with Gasteiger partial charge in [0.1, 0.15) is 5.82 Å². The second kappa shape index (κ2) is 5.30. The molecule has 0 saturated carbocycles. The van der Waals surface area contributed by atoms with Gasteiger partial charge in [0.15, 0.2) is 0 Å². The Morgan fingerprint density at radius 2 is 1.94 bits per heavy atom. The lowest BCUT2D eigenvalue weighted by Crippen LogP contribution is -2.31. The number of para-hydroxylation sites is 1. The monoisotopic (exact) mass is 219 g/mol. The van der Waals surface area contributed by atoms with Crippen molar-refractivity contribution in [2.24, 2.45) is 0 Å². The third-order valence-electron chi connectivity index (χ3n) is 2.20. The Bertz CT molecular complexity index is 531. The summed E-state index contributed by atoms with van der Waals surface area (Å²) in [6.45, 7) is 5.92. The largest absolute Gasteiger partial charge is 0.335 e. The van der Waals surface area contributed by atoms with Crippen molar-refractivity contribution < 1.29 is 0 Å². The van der Waals surface area contributed by atoms with Gasteiger partial charge in [-0.25, -0.2) is 9.66 Å². The first-order valence-electron chi connectivity index (χ1n) is 5.49. The highest BCUT2D eigenvalue weighted by atomic mass is 16.1. The molecule has 4 heteroatoms. The zero-order valence-corrected chi connectivity index (χ0v) is 9.90. The molecule has 0 aliphatic heterocycles. The summed E-state index contributed by atoms with van der Waals surface area (Å²) in [6, 6.07) is 7.20. The van der Waals surface area contributed by atoms with Crippen LogP contribution in [0.3, 0.4) is 0 Å². The SMILES string of the molecule is CC.CCc1nc2ccccc2c(=O)n1N. The first-order chi connectivity index (χ1) is 7.74. The third kappa shape index (κ3) is 2.05. The van der Waals surface area contributed by atoms with Crippen LogP contribution in [0.15, 0.2) is 29.1 Å². The van der Waals surface area contributed by atoms with E-state index in [0.29, 0.717) is 23.1 Å². The minimum Gasteiger partial charge on any atom is -0.335 e. The number of nitrogens with two attached hydrogens (primary N) is 1. The average molecular weight is 219 g/mol. The molecule has 1 aromatic heterocycles. The van der Waals surface area contributed by atoms with Gasteiger partial charge >= 0.3 is 0 Å². The molecule has 0 amide bonds. The van der Waals surface area contributed by atoms with E-state index in [4.69, 9.17) is 5.84 Å². The van der Waals surface area contributed by atoms with Crippen LogP contribution in [0, 0.1) is 0 Å². The number of aromatic nitrogens is 2. The normalized spacial score (nSPS) is 9.69. The van der Waals surface area contributed by atoms with Crippen molar-refractivity contribution in [2.45, 2.75) is 27.2 Å². The van der Waals surface area contributed by atoms with E-state index in [1.807, 2.05) is 32.9 Å². The van der Waals surface area contributed by atoms with Crippen LogP contribution in [-0.2, 0) is 6.42 Å². The molecular formula is C12H17N3O. The molecule has 0 atom stereocenters. The standard InChI is InChI=1S/C10H11N3O.C2H6/c1-2-9-12-8-6-4-3-5-7(8)10(14)13(9)11;1-2/h3-6H,2,11H2,1H3;1-2H3. The van der Waals surface area contributed by atoms with Gasteiger partial charge in [0, 0.05) is 6.42 Å². The van der Waals surface area contributed by atoms with Gasteiger partial charge < -0.3 is 5.84 Å². The molecule has 2 aromatic rings. The van der Waals surface area contributed by atoms with Crippen LogP contribution in [0.1, 0.15) is 26.6 Å². The van der Waals surface area contributed by atoms with Gasteiger partial charge in [-0.2, -0.15) is 0 Å². The van der Waals surface area contributed by atoms with Gasteiger partial charge in [-0.05, 0) is 12.1 Å². The maximum Gasteiger partial charge on any atom is 0.279 e. The van der Waals surface area contributed by atoms with Crippen molar-refractivity contribution in [1.82, 2.24) is 9.66 Å². The van der Waals surface area contributed by atoms with E-state index in [1.54, 1.807) is 12.1 Å². The Morgan fingerprint density at radius 1 is 1.31 bits per heavy atom. The van der Waals surface area contributed by atoms with Crippen LogP contribution in [0.5, 0.6) is 0 Å². The fourth-order valence-corrected chi connectivity index (χ4v) is 1.44. The zero-order chi connectivity index (χ0) is 12.1. The summed E-state index contributed by atoms with van der Waals surface area (Å²) in [6.07, 6.45) is 0.649. The van der Waals surface area contributed by atoms with Gasteiger partial charge in [0.2, 0.25) is 0 Å². The highest BCUT2D eigenvalue weighted by molar-refractivity contribution is 5.77. The molecule has 0 aliphatic carbocycles. The molecule has 4 nitrogen and oxygen atoms in total. The summed E-state index contributed by atoms with van der Waals surface area (Å²) < 4.78 is 1.11. The molecule has 16 heavy (non-hydrogen) atoms. The zero-order valence-electron chi connectivity index (χ0n) is 9.90. The van der Waals surface area contributed by atoms with Crippen molar-refractivity contribution in [3.63, 3.8) is 0 Å². The Labute approximate surface area is 94.7 Å². The molecule has 0 fully saturated rings. The Hall–Kier alpha value is -1.84. The number of rotatable bonds is 1. The van der Waals surface area contributed by atoms with Crippen molar-refractivity contribution in [1.29, 1.82) is 0 Å². The minimum atomic E-state index is -0.188. The molecule has 1 aromatic carbocycles. The van der Waals surface area contributed by atoms with Crippen molar-refractivity contribution in [3.05, 3.63) is 40.4 Å². The summed E-state index contributed by atoms with van der Waals surface area (Å²) in [7, 11) is 0. The van der Waals surface area contributed by atoms with Gasteiger partial charge in [-0.1, -0.05) is 32.9 Å². The Morgan fingerprint density at radius 3 is 2.56 bits per heavy atom. The topological polar surface area (TPSA) is 60.9 Å². The summed E-state index contributed by atoms with van der Waals surface area (Å²) >= 11 is 0. The second-order valence-electron chi connectivity index (χ2n) is 3.07. The Balaban J connectivity index is 0.000000606. The summed E-state index contributed by atoms with van der Waals surface area (Å²) in [5, 5.41) is 0.562. The molecule has 0 unspecified atom stereocenters. The van der Waals surface area contributed by atoms with Crippen LogP contribution in [0.2, 0.25) is 0 Å². The van der Waals surface area contributed by atoms with Crippen LogP contribution >= 0.6 is 0 Å². The van der Waals surface area contributed by atoms with Gasteiger partial charge in [0.05, 0.1) is 10.9 Å². The van der Waals surface area contributed by atoms with Crippen molar-refractivity contribution >= 4 is 10.9 Å². The van der Waals surface area contributed by atoms with E-state index in [9.17, 15) is 4.79 Å². The van der Waals surface area contributed by atoms with Gasteiger partial charge in [0.25, 0.3) is 5.56 Å². The Kier molecular flexibility index (Phi) is 4.05. The summed E-state index contributed by atoms with van der Waals surface area (Å²) in [4.78, 5) is 16.0. The van der Waals surface area contributed by atoms with E-state index >= 15 is 0 Å². The first-order valence-corrected chi connectivity index (χ1v) is 5.49. The number of hydrogen-bond donors (Lipinski definition) is 1. The van der Waals surface area contributed by atoms with Crippen LogP contribution in [-0.4, -0.2) is 9.66 Å². The molecule has 0 saturated heterocycles. The number of hydrogen-bond acceptors (Lipinski definition) is 3. The predicted molar refractivity (Wildman–Crippen MR) is 66.9 cm³/mol. The smallest absolute Gasteiger partial charge is 0.279 e. The predicted octanol–water partition coefficient (Wildman–Crippen LogP) is 1.70. The van der Waals surface area contributed by atoms with Crippen molar-refractivity contribution in [2.75, 3.05) is 5.84 Å². The fourth-order valence-electron chi connectivity index (χ4n) is 1.44.